The third-order valence-electron chi connectivity index (χ3n) is 1.26. The van der Waals surface area contributed by atoms with E-state index in [-0.39, 0.29) is 0 Å². The topological polar surface area (TPSA) is 17.8 Å². The van der Waals surface area contributed by atoms with Gasteiger partial charge in [-0.2, -0.15) is 0 Å². The molecule has 0 fully saturated rings. The molecule has 0 saturated heterocycles. The average Bonchev–Trinajstić information content (AvgIpc) is 2.41. The van der Waals surface area contributed by atoms with Gasteiger partial charge in [0, 0.05) is 13.2 Å². The van der Waals surface area contributed by atoms with Gasteiger partial charge in [-0.1, -0.05) is 27.2 Å². The molecular formula is C9H18N2. The van der Waals surface area contributed by atoms with Gasteiger partial charge < -0.3 is 4.57 Å². The normalized spacial score (nSPS) is 8.73. The van der Waals surface area contributed by atoms with Crippen LogP contribution in [0.1, 0.15) is 32.9 Å². The summed E-state index contributed by atoms with van der Waals surface area (Å²) in [5, 5.41) is 0. The van der Waals surface area contributed by atoms with Crippen molar-refractivity contribution in [3.05, 3.63) is 18.2 Å². The Morgan fingerprint density at radius 2 is 2.09 bits per heavy atom. The van der Waals surface area contributed by atoms with Crippen molar-refractivity contribution in [2.45, 2.75) is 33.6 Å². The highest BCUT2D eigenvalue weighted by molar-refractivity contribution is 4.95. The highest BCUT2D eigenvalue weighted by Gasteiger charge is 1.91. The van der Waals surface area contributed by atoms with Gasteiger partial charge in [0.1, 0.15) is 0 Å². The van der Waals surface area contributed by atoms with Gasteiger partial charge in [0.15, 0.2) is 0 Å². The van der Waals surface area contributed by atoms with Crippen molar-refractivity contribution in [2.75, 3.05) is 0 Å². The zero-order valence-corrected chi connectivity index (χ0v) is 7.96. The second kappa shape index (κ2) is 5.96. The standard InChI is InChI=1S/C7H12N2.C2H6/c1-3-4-7-5-9(2)6-8-7;1-2/h5-6H,3-4H2,1-2H3;1-2H3. The lowest BCUT2D eigenvalue weighted by molar-refractivity contribution is 0.885. The molecule has 0 atom stereocenters. The zero-order chi connectivity index (χ0) is 8.69. The van der Waals surface area contributed by atoms with Crippen LogP contribution in [-0.2, 0) is 13.5 Å². The fourth-order valence-electron chi connectivity index (χ4n) is 0.852. The summed E-state index contributed by atoms with van der Waals surface area (Å²) in [5.41, 5.74) is 1.19. The first-order valence-corrected chi connectivity index (χ1v) is 4.29. The third kappa shape index (κ3) is 3.81. The van der Waals surface area contributed by atoms with E-state index in [0.717, 1.165) is 6.42 Å². The Morgan fingerprint density at radius 1 is 1.45 bits per heavy atom. The zero-order valence-electron chi connectivity index (χ0n) is 7.96. The van der Waals surface area contributed by atoms with Crippen molar-refractivity contribution in [1.82, 2.24) is 9.55 Å². The Balaban J connectivity index is 0.000000461. The van der Waals surface area contributed by atoms with Crippen LogP contribution in [0.3, 0.4) is 0 Å². The Bertz CT molecular complexity index is 179. The molecule has 11 heavy (non-hydrogen) atoms. The summed E-state index contributed by atoms with van der Waals surface area (Å²) in [7, 11) is 1.99. The molecule has 64 valence electrons. The molecular weight excluding hydrogens is 136 g/mol. The molecule has 0 N–H and O–H groups in total. The largest absolute Gasteiger partial charge is 0.340 e. The third-order valence-corrected chi connectivity index (χ3v) is 1.26. The quantitative estimate of drug-likeness (QED) is 0.639. The lowest BCUT2D eigenvalue weighted by Crippen LogP contribution is -1.81. The molecule has 0 aliphatic heterocycles. The van der Waals surface area contributed by atoms with Crippen molar-refractivity contribution < 1.29 is 0 Å². The summed E-state index contributed by atoms with van der Waals surface area (Å²) in [6.45, 7) is 6.16. The average molecular weight is 154 g/mol. The summed E-state index contributed by atoms with van der Waals surface area (Å²) >= 11 is 0. The molecule has 0 radical (unpaired) electrons. The molecule has 1 heterocycles. The van der Waals surface area contributed by atoms with Crippen LogP contribution >= 0.6 is 0 Å². The molecule has 2 heteroatoms. The van der Waals surface area contributed by atoms with E-state index in [4.69, 9.17) is 0 Å². The Kier molecular flexibility index (Phi) is 5.53. The van der Waals surface area contributed by atoms with Crippen molar-refractivity contribution in [3.63, 3.8) is 0 Å². The Morgan fingerprint density at radius 3 is 2.45 bits per heavy atom. The molecule has 0 unspecified atom stereocenters. The summed E-state index contributed by atoms with van der Waals surface area (Å²) in [6.07, 6.45) is 6.17. The molecule has 0 bridgehead atoms. The fourth-order valence-corrected chi connectivity index (χ4v) is 0.852. The van der Waals surface area contributed by atoms with Gasteiger partial charge in [0.05, 0.1) is 12.0 Å². The lowest BCUT2D eigenvalue weighted by atomic mass is 10.3. The maximum atomic E-state index is 4.17. The van der Waals surface area contributed by atoms with Crippen LogP contribution in [0.5, 0.6) is 0 Å². The van der Waals surface area contributed by atoms with Crippen LogP contribution in [0.4, 0.5) is 0 Å². The smallest absolute Gasteiger partial charge is 0.0946 e. The van der Waals surface area contributed by atoms with E-state index in [9.17, 15) is 0 Å². The molecule has 0 aromatic carbocycles. The minimum Gasteiger partial charge on any atom is -0.340 e. The van der Waals surface area contributed by atoms with Gasteiger partial charge in [-0.3, -0.25) is 0 Å². The minimum absolute atomic E-state index is 1.10. The van der Waals surface area contributed by atoms with Gasteiger partial charge in [0.2, 0.25) is 0 Å². The van der Waals surface area contributed by atoms with Crippen molar-refractivity contribution in [3.8, 4) is 0 Å². The summed E-state index contributed by atoms with van der Waals surface area (Å²) in [6, 6.07) is 0. The highest BCUT2D eigenvalue weighted by Crippen LogP contribution is 1.96. The maximum Gasteiger partial charge on any atom is 0.0946 e. The molecule has 1 aromatic heterocycles. The SMILES string of the molecule is CC.CCCc1cn(C)cn1. The molecule has 0 aliphatic carbocycles. The first-order valence-electron chi connectivity index (χ1n) is 4.29. The minimum atomic E-state index is 1.10. The molecule has 0 amide bonds. The van der Waals surface area contributed by atoms with Crippen LogP contribution < -0.4 is 0 Å². The van der Waals surface area contributed by atoms with Gasteiger partial charge in [-0.25, -0.2) is 4.98 Å². The molecule has 2 nitrogen and oxygen atoms in total. The number of rotatable bonds is 2. The van der Waals surface area contributed by atoms with Crippen LogP contribution in [0.2, 0.25) is 0 Å². The summed E-state index contributed by atoms with van der Waals surface area (Å²) in [4.78, 5) is 4.17. The predicted octanol–water partition coefficient (Wildman–Crippen LogP) is 2.40. The second-order valence-electron chi connectivity index (χ2n) is 2.28. The van der Waals surface area contributed by atoms with E-state index in [0.29, 0.717) is 0 Å². The first kappa shape index (κ1) is 10.2. The molecule has 0 spiro atoms. The van der Waals surface area contributed by atoms with Gasteiger partial charge in [0.25, 0.3) is 0 Å². The van der Waals surface area contributed by atoms with Crippen LogP contribution in [0, 0.1) is 0 Å². The number of imidazole rings is 1. The first-order chi connectivity index (χ1) is 5.33. The van der Waals surface area contributed by atoms with Crippen LogP contribution in [0.25, 0.3) is 0 Å². The highest BCUT2D eigenvalue weighted by atomic mass is 15.0. The van der Waals surface area contributed by atoms with Gasteiger partial charge in [-0.05, 0) is 6.42 Å². The van der Waals surface area contributed by atoms with E-state index in [1.54, 1.807) is 0 Å². The second-order valence-corrected chi connectivity index (χ2v) is 2.28. The summed E-state index contributed by atoms with van der Waals surface area (Å²) < 4.78 is 1.98. The molecule has 0 aliphatic rings. The van der Waals surface area contributed by atoms with Crippen molar-refractivity contribution in [1.29, 1.82) is 0 Å². The lowest BCUT2D eigenvalue weighted by Gasteiger charge is -1.86. The monoisotopic (exact) mass is 154 g/mol. The van der Waals surface area contributed by atoms with Gasteiger partial charge >= 0.3 is 0 Å². The number of aromatic nitrogens is 2. The predicted molar refractivity (Wildman–Crippen MR) is 48.6 cm³/mol. The number of hydrogen-bond acceptors (Lipinski definition) is 1. The number of nitrogens with zero attached hydrogens (tertiary/aromatic N) is 2. The fraction of sp³-hybridized carbons (Fsp3) is 0.667. The van der Waals surface area contributed by atoms with E-state index in [1.807, 2.05) is 31.8 Å². The van der Waals surface area contributed by atoms with E-state index >= 15 is 0 Å². The van der Waals surface area contributed by atoms with Crippen LogP contribution in [0.15, 0.2) is 12.5 Å². The molecule has 1 aromatic rings. The van der Waals surface area contributed by atoms with E-state index < -0.39 is 0 Å². The van der Waals surface area contributed by atoms with Crippen molar-refractivity contribution in [2.24, 2.45) is 7.05 Å². The number of aryl methyl sites for hydroxylation is 2. The Labute approximate surface area is 69.3 Å². The number of hydrogen-bond donors (Lipinski definition) is 0. The maximum absolute atomic E-state index is 4.17. The summed E-state index contributed by atoms with van der Waals surface area (Å²) in [5.74, 6) is 0. The van der Waals surface area contributed by atoms with E-state index in [1.165, 1.54) is 12.1 Å². The molecule has 0 saturated carbocycles. The van der Waals surface area contributed by atoms with E-state index in [2.05, 4.69) is 18.1 Å². The molecule has 1 rings (SSSR count). The van der Waals surface area contributed by atoms with Crippen LogP contribution in [-0.4, -0.2) is 9.55 Å². The Hall–Kier alpha value is -0.790. The van der Waals surface area contributed by atoms with Gasteiger partial charge in [-0.15, -0.1) is 0 Å². The van der Waals surface area contributed by atoms with Crippen molar-refractivity contribution >= 4 is 0 Å².